The number of benzene rings is 2. The Bertz CT molecular complexity index is 914. The molecule has 1 aromatic heterocycles. The van der Waals surface area contributed by atoms with Crippen LogP contribution in [0, 0.1) is 0 Å². The Kier molecular flexibility index (Phi) is 5.37. The lowest BCUT2D eigenvalue weighted by atomic mass is 9.95. The molecule has 0 bridgehead atoms. The largest absolute Gasteiger partial charge is 0.460 e. The third kappa shape index (κ3) is 3.47. The Hall–Kier alpha value is -3.08. The predicted molar refractivity (Wildman–Crippen MR) is 100 cm³/mol. The van der Waals surface area contributed by atoms with E-state index in [2.05, 4.69) is 5.32 Å². The maximum absolute atomic E-state index is 12.9. The second-order valence-corrected chi connectivity index (χ2v) is 5.88. The number of nitrogens with one attached hydrogen (secondary N) is 1. The lowest BCUT2D eigenvalue weighted by Crippen LogP contribution is -2.22. The average Bonchev–Trinajstić information content (AvgIpc) is 3.02. The standard InChI is InChI=1S/C21H21NO4/c1-3-15(14-10-6-5-7-11-14)20(23)22-18-16-12-8-9-13-17(16)26-19(18)21(24)25-4-2/h5-13,15H,3-4H2,1-2H3,(H,22,23). The highest BCUT2D eigenvalue weighted by molar-refractivity contribution is 6.10. The van der Waals surface area contributed by atoms with E-state index < -0.39 is 5.97 Å². The number of ether oxygens (including phenoxy) is 1. The van der Waals surface area contributed by atoms with Crippen LogP contribution in [0.25, 0.3) is 11.0 Å². The molecule has 1 N–H and O–H groups in total. The van der Waals surface area contributed by atoms with E-state index >= 15 is 0 Å². The highest BCUT2D eigenvalue weighted by atomic mass is 16.5. The Morgan fingerprint density at radius 1 is 1.04 bits per heavy atom. The van der Waals surface area contributed by atoms with E-state index in [0.717, 1.165) is 5.56 Å². The Labute approximate surface area is 152 Å². The van der Waals surface area contributed by atoms with Gasteiger partial charge in [-0.25, -0.2) is 4.79 Å². The molecule has 26 heavy (non-hydrogen) atoms. The van der Waals surface area contributed by atoms with Gasteiger partial charge in [-0.1, -0.05) is 49.4 Å². The Balaban J connectivity index is 1.97. The number of fused-ring (bicyclic) bond motifs is 1. The minimum atomic E-state index is -0.591. The number of hydrogen-bond acceptors (Lipinski definition) is 4. The molecule has 3 rings (SSSR count). The highest BCUT2D eigenvalue weighted by Gasteiger charge is 2.26. The monoisotopic (exact) mass is 351 g/mol. The molecule has 0 saturated carbocycles. The first kappa shape index (κ1) is 17.7. The number of amides is 1. The van der Waals surface area contributed by atoms with Crippen molar-refractivity contribution in [3.05, 3.63) is 65.9 Å². The van der Waals surface area contributed by atoms with E-state index in [1.165, 1.54) is 0 Å². The van der Waals surface area contributed by atoms with Gasteiger partial charge in [0.2, 0.25) is 11.7 Å². The first-order chi connectivity index (χ1) is 12.7. The van der Waals surface area contributed by atoms with Crippen molar-refractivity contribution < 1.29 is 18.7 Å². The zero-order chi connectivity index (χ0) is 18.5. The van der Waals surface area contributed by atoms with Crippen molar-refractivity contribution in [1.29, 1.82) is 0 Å². The summed E-state index contributed by atoms with van der Waals surface area (Å²) in [7, 11) is 0. The highest BCUT2D eigenvalue weighted by Crippen LogP contribution is 2.33. The molecule has 5 heteroatoms. The third-order valence-electron chi connectivity index (χ3n) is 4.23. The summed E-state index contributed by atoms with van der Waals surface area (Å²) in [5.74, 6) is -1.08. The zero-order valence-electron chi connectivity index (χ0n) is 14.8. The van der Waals surface area contributed by atoms with E-state index in [9.17, 15) is 9.59 Å². The smallest absolute Gasteiger partial charge is 0.376 e. The van der Waals surface area contributed by atoms with Crippen LogP contribution in [0.2, 0.25) is 0 Å². The van der Waals surface area contributed by atoms with Crippen LogP contribution in [-0.4, -0.2) is 18.5 Å². The molecule has 0 fully saturated rings. The molecular formula is C21H21NO4. The second-order valence-electron chi connectivity index (χ2n) is 5.88. The summed E-state index contributed by atoms with van der Waals surface area (Å²) in [5, 5.41) is 3.56. The first-order valence-electron chi connectivity index (χ1n) is 8.70. The van der Waals surface area contributed by atoms with Gasteiger partial charge in [-0.2, -0.15) is 0 Å². The quantitative estimate of drug-likeness (QED) is 0.651. The molecule has 1 heterocycles. The molecule has 3 aromatic rings. The van der Waals surface area contributed by atoms with Crippen LogP contribution in [0.3, 0.4) is 0 Å². The van der Waals surface area contributed by atoms with Gasteiger partial charge < -0.3 is 14.5 Å². The summed E-state index contributed by atoms with van der Waals surface area (Å²) in [4.78, 5) is 25.2. The lowest BCUT2D eigenvalue weighted by molar-refractivity contribution is -0.117. The number of esters is 1. The number of anilines is 1. The molecule has 1 amide bonds. The third-order valence-corrected chi connectivity index (χ3v) is 4.23. The fourth-order valence-corrected chi connectivity index (χ4v) is 2.98. The van der Waals surface area contributed by atoms with Gasteiger partial charge in [0, 0.05) is 5.39 Å². The molecule has 134 valence electrons. The van der Waals surface area contributed by atoms with Crippen molar-refractivity contribution in [1.82, 2.24) is 0 Å². The summed E-state index contributed by atoms with van der Waals surface area (Å²) in [6.07, 6.45) is 0.639. The molecule has 0 aliphatic carbocycles. The van der Waals surface area contributed by atoms with Gasteiger partial charge in [-0.05, 0) is 31.0 Å². The van der Waals surface area contributed by atoms with Gasteiger partial charge >= 0.3 is 5.97 Å². The van der Waals surface area contributed by atoms with Gasteiger partial charge in [0.1, 0.15) is 11.3 Å². The fourth-order valence-electron chi connectivity index (χ4n) is 2.98. The van der Waals surface area contributed by atoms with Crippen LogP contribution in [0.5, 0.6) is 0 Å². The van der Waals surface area contributed by atoms with Crippen LogP contribution in [0.1, 0.15) is 42.3 Å². The van der Waals surface area contributed by atoms with Crippen LogP contribution < -0.4 is 5.32 Å². The molecule has 0 saturated heterocycles. The molecular weight excluding hydrogens is 330 g/mol. The van der Waals surface area contributed by atoms with Crippen LogP contribution in [0.4, 0.5) is 5.69 Å². The van der Waals surface area contributed by atoms with Gasteiger partial charge in [-0.3, -0.25) is 4.79 Å². The van der Waals surface area contributed by atoms with Gasteiger partial charge in [0.15, 0.2) is 0 Å². The van der Waals surface area contributed by atoms with E-state index in [4.69, 9.17) is 9.15 Å². The van der Waals surface area contributed by atoms with E-state index in [1.54, 1.807) is 19.1 Å². The number of rotatable bonds is 6. The van der Waals surface area contributed by atoms with E-state index in [-0.39, 0.29) is 24.2 Å². The zero-order valence-corrected chi connectivity index (χ0v) is 14.8. The summed E-state index contributed by atoms with van der Waals surface area (Å²) in [6, 6.07) is 16.8. The van der Waals surface area contributed by atoms with Gasteiger partial charge in [-0.15, -0.1) is 0 Å². The van der Waals surface area contributed by atoms with Crippen molar-refractivity contribution in [2.45, 2.75) is 26.2 Å². The maximum Gasteiger partial charge on any atom is 0.376 e. The van der Waals surface area contributed by atoms with Gasteiger partial charge in [0.25, 0.3) is 0 Å². The molecule has 0 radical (unpaired) electrons. The normalized spacial score (nSPS) is 11.9. The Morgan fingerprint density at radius 3 is 2.42 bits per heavy atom. The summed E-state index contributed by atoms with van der Waals surface area (Å²) >= 11 is 0. The molecule has 0 aliphatic heterocycles. The predicted octanol–water partition coefficient (Wildman–Crippen LogP) is 4.74. The van der Waals surface area contributed by atoms with Crippen molar-refractivity contribution in [2.75, 3.05) is 11.9 Å². The molecule has 0 aliphatic rings. The van der Waals surface area contributed by atoms with Crippen LogP contribution in [0.15, 0.2) is 59.0 Å². The van der Waals surface area contributed by atoms with Gasteiger partial charge in [0.05, 0.1) is 12.5 Å². The summed E-state index contributed by atoms with van der Waals surface area (Å²) < 4.78 is 10.7. The number of carbonyl (C=O) groups excluding carboxylic acids is 2. The molecule has 5 nitrogen and oxygen atoms in total. The number of furan rings is 1. The minimum Gasteiger partial charge on any atom is -0.460 e. The SMILES string of the molecule is CCOC(=O)c1oc2ccccc2c1NC(=O)C(CC)c1ccccc1. The lowest BCUT2D eigenvalue weighted by Gasteiger charge is -2.15. The molecule has 1 unspecified atom stereocenters. The summed E-state index contributed by atoms with van der Waals surface area (Å²) in [6.45, 7) is 3.91. The van der Waals surface area contributed by atoms with Crippen molar-refractivity contribution in [2.24, 2.45) is 0 Å². The van der Waals surface area contributed by atoms with E-state index in [1.807, 2.05) is 49.4 Å². The topological polar surface area (TPSA) is 68.5 Å². The van der Waals surface area contributed by atoms with E-state index in [0.29, 0.717) is 23.1 Å². The number of para-hydroxylation sites is 1. The maximum atomic E-state index is 12.9. The van der Waals surface area contributed by atoms with Crippen molar-refractivity contribution in [3.63, 3.8) is 0 Å². The van der Waals surface area contributed by atoms with Crippen LogP contribution >= 0.6 is 0 Å². The molecule has 1 atom stereocenters. The minimum absolute atomic E-state index is 0.0179. The average molecular weight is 351 g/mol. The molecule has 2 aromatic carbocycles. The first-order valence-corrected chi connectivity index (χ1v) is 8.70. The fraction of sp³-hybridized carbons (Fsp3) is 0.238. The Morgan fingerprint density at radius 2 is 1.73 bits per heavy atom. The van der Waals surface area contributed by atoms with Crippen LogP contribution in [-0.2, 0) is 9.53 Å². The van der Waals surface area contributed by atoms with Crippen molar-refractivity contribution in [3.8, 4) is 0 Å². The number of hydrogen-bond donors (Lipinski definition) is 1. The number of carbonyl (C=O) groups is 2. The second kappa shape index (κ2) is 7.87. The van der Waals surface area contributed by atoms with Crippen molar-refractivity contribution >= 4 is 28.5 Å². The molecule has 0 spiro atoms. The summed E-state index contributed by atoms with van der Waals surface area (Å²) in [5.41, 5.74) is 1.81.